The van der Waals surface area contributed by atoms with Crippen LogP contribution < -0.4 is 10.6 Å². The second-order valence-electron chi connectivity index (χ2n) is 9.71. The molecule has 2 aromatic rings. The number of nitrogens with two attached hydrogens (primary N) is 1. The van der Waals surface area contributed by atoms with Crippen LogP contribution in [-0.2, 0) is 4.74 Å². The summed E-state index contributed by atoms with van der Waals surface area (Å²) in [6.45, 7) is 8.20. The Hall–Kier alpha value is -3.34. The number of ether oxygens (including phenoxy) is 1. The highest BCUT2D eigenvalue weighted by Crippen LogP contribution is 2.40. The molecule has 0 saturated carbocycles. The van der Waals surface area contributed by atoms with Gasteiger partial charge in [-0.25, -0.2) is 0 Å². The van der Waals surface area contributed by atoms with Gasteiger partial charge in [-0.3, -0.25) is 4.98 Å². The lowest BCUT2D eigenvalue weighted by atomic mass is 9.96. The van der Waals surface area contributed by atoms with Crippen molar-refractivity contribution in [1.82, 2.24) is 14.8 Å². The monoisotopic (exact) mass is 454 g/mol. The van der Waals surface area contributed by atoms with Gasteiger partial charge in [0.15, 0.2) is 0 Å². The molecule has 3 aliphatic heterocycles. The van der Waals surface area contributed by atoms with Crippen molar-refractivity contribution in [1.29, 1.82) is 5.26 Å². The maximum Gasteiger partial charge on any atom is 0.101 e. The van der Waals surface area contributed by atoms with Crippen molar-refractivity contribution in [3.05, 3.63) is 70.7 Å². The molecule has 7 nitrogen and oxygen atoms in total. The van der Waals surface area contributed by atoms with E-state index in [4.69, 9.17) is 10.5 Å². The van der Waals surface area contributed by atoms with Gasteiger partial charge in [0.05, 0.1) is 30.8 Å². The quantitative estimate of drug-likeness (QED) is 0.747. The third kappa shape index (κ3) is 3.54. The highest BCUT2D eigenvalue weighted by atomic mass is 16.5. The van der Waals surface area contributed by atoms with Crippen molar-refractivity contribution in [2.24, 2.45) is 5.73 Å². The highest BCUT2D eigenvalue weighted by Gasteiger charge is 2.37. The summed E-state index contributed by atoms with van der Waals surface area (Å²) in [6.07, 6.45) is 7.45. The fraction of sp³-hybridized carbons (Fsp3) is 0.407. The minimum Gasteiger partial charge on any atom is -0.378 e. The van der Waals surface area contributed by atoms with Crippen LogP contribution in [0.3, 0.4) is 0 Å². The maximum absolute atomic E-state index is 9.53. The lowest BCUT2D eigenvalue weighted by Crippen LogP contribution is -2.49. The number of piperazine rings is 1. The maximum atomic E-state index is 9.53. The van der Waals surface area contributed by atoms with E-state index < -0.39 is 0 Å². The van der Waals surface area contributed by atoms with Gasteiger partial charge < -0.3 is 25.2 Å². The first-order valence-corrected chi connectivity index (χ1v) is 12.1. The number of nitriles is 1. The molecule has 2 fully saturated rings. The van der Waals surface area contributed by atoms with Crippen LogP contribution in [0.5, 0.6) is 0 Å². The first-order chi connectivity index (χ1) is 16.6. The molecule has 2 N–H and O–H groups in total. The zero-order chi connectivity index (χ0) is 23.2. The van der Waals surface area contributed by atoms with Gasteiger partial charge in [0.2, 0.25) is 0 Å². The minimum atomic E-state index is 0.0572. The number of nitrogens with zero attached hydrogens (tertiary/aromatic N) is 5. The molecule has 6 rings (SSSR count). The molecule has 1 aromatic heterocycles. The van der Waals surface area contributed by atoms with Crippen LogP contribution in [0.25, 0.3) is 10.9 Å². The summed E-state index contributed by atoms with van der Waals surface area (Å²) in [7, 11) is 0. The zero-order valence-corrected chi connectivity index (χ0v) is 19.6. The molecule has 0 spiro atoms. The Labute approximate surface area is 200 Å². The van der Waals surface area contributed by atoms with Gasteiger partial charge in [-0.15, -0.1) is 0 Å². The second kappa shape index (κ2) is 8.46. The van der Waals surface area contributed by atoms with Gasteiger partial charge in [-0.2, -0.15) is 5.26 Å². The predicted octanol–water partition coefficient (Wildman–Crippen LogP) is 2.76. The average Bonchev–Trinajstić information content (AvgIpc) is 3.09. The van der Waals surface area contributed by atoms with Crippen LogP contribution in [0, 0.1) is 11.3 Å². The smallest absolute Gasteiger partial charge is 0.101 e. The van der Waals surface area contributed by atoms with E-state index in [0.29, 0.717) is 18.2 Å². The van der Waals surface area contributed by atoms with Crippen LogP contribution in [-0.4, -0.2) is 72.8 Å². The molecule has 34 heavy (non-hydrogen) atoms. The number of fused-ring (bicyclic) bond motifs is 3. The van der Waals surface area contributed by atoms with Crippen LogP contribution >= 0.6 is 0 Å². The Morgan fingerprint density at radius 3 is 2.97 bits per heavy atom. The van der Waals surface area contributed by atoms with E-state index in [2.05, 4.69) is 57.0 Å². The average molecular weight is 455 g/mol. The van der Waals surface area contributed by atoms with Gasteiger partial charge in [-0.1, -0.05) is 6.08 Å². The summed E-state index contributed by atoms with van der Waals surface area (Å²) < 4.78 is 5.64. The van der Waals surface area contributed by atoms with Gasteiger partial charge in [-0.05, 0) is 54.8 Å². The van der Waals surface area contributed by atoms with Crippen molar-refractivity contribution in [3.8, 4) is 6.07 Å². The molecule has 2 saturated heterocycles. The molecule has 1 aliphatic carbocycles. The normalized spacial score (nSPS) is 24.9. The molecule has 1 unspecified atom stereocenters. The topological polar surface area (TPSA) is 81.6 Å². The van der Waals surface area contributed by atoms with Crippen LogP contribution in [0.1, 0.15) is 18.9 Å². The number of pyridine rings is 1. The molecule has 0 radical (unpaired) electrons. The van der Waals surface area contributed by atoms with Crippen LogP contribution in [0.4, 0.5) is 5.69 Å². The standard InChI is InChI=1S/C27H30N6O/c1-18-13-32(25-7-4-19(12-28)27-24(25)3-2-8-30-27)16-26-23-6-5-22(11-20(23)14-33(18)26)31-9-10-34-17-21(29)15-31/h2-5,7-8,11,18,21H,6,9-10,13-17,29H2,1H3/t18-,21?/m1/s1. The predicted molar refractivity (Wildman–Crippen MR) is 133 cm³/mol. The molecule has 0 bridgehead atoms. The number of rotatable bonds is 2. The van der Waals surface area contributed by atoms with Crippen molar-refractivity contribution in [2.75, 3.05) is 50.8 Å². The lowest BCUT2D eigenvalue weighted by molar-refractivity contribution is 0.138. The van der Waals surface area contributed by atoms with E-state index in [9.17, 15) is 5.26 Å². The molecule has 4 aliphatic rings. The van der Waals surface area contributed by atoms with Crippen molar-refractivity contribution in [2.45, 2.75) is 25.4 Å². The van der Waals surface area contributed by atoms with Gasteiger partial charge in [0.25, 0.3) is 0 Å². The fourth-order valence-corrected chi connectivity index (χ4v) is 5.83. The molecule has 2 atom stereocenters. The molecule has 1 aromatic carbocycles. The van der Waals surface area contributed by atoms with E-state index in [1.807, 2.05) is 12.1 Å². The molecular weight excluding hydrogens is 424 g/mol. The van der Waals surface area contributed by atoms with Crippen molar-refractivity contribution in [3.63, 3.8) is 0 Å². The first-order valence-electron chi connectivity index (χ1n) is 12.1. The number of allylic oxidation sites excluding steroid dienone is 2. The zero-order valence-electron chi connectivity index (χ0n) is 19.6. The highest BCUT2D eigenvalue weighted by molar-refractivity contribution is 5.95. The number of anilines is 1. The molecular formula is C27H30N6O. The number of hydrogen-bond acceptors (Lipinski definition) is 7. The van der Waals surface area contributed by atoms with E-state index in [0.717, 1.165) is 62.3 Å². The number of aromatic nitrogens is 1. The van der Waals surface area contributed by atoms with E-state index in [1.54, 1.807) is 6.20 Å². The Morgan fingerprint density at radius 2 is 2.09 bits per heavy atom. The minimum absolute atomic E-state index is 0.0572. The van der Waals surface area contributed by atoms with E-state index >= 15 is 0 Å². The van der Waals surface area contributed by atoms with Crippen LogP contribution in [0.2, 0.25) is 0 Å². The Balaban J connectivity index is 1.31. The molecule has 174 valence electrons. The Bertz CT molecular complexity index is 1270. The summed E-state index contributed by atoms with van der Waals surface area (Å²) in [5.41, 5.74) is 14.4. The van der Waals surface area contributed by atoms with Gasteiger partial charge >= 0.3 is 0 Å². The SMILES string of the molecule is C[C@@H]1CN(c2ccc(C#N)c3ncccc23)CC2=C3CC=C(N4CCOCC(N)C4)C=C3CN21. The second-order valence-corrected chi connectivity index (χ2v) is 9.71. The first kappa shape index (κ1) is 21.2. The van der Waals surface area contributed by atoms with Gasteiger partial charge in [0.1, 0.15) is 6.07 Å². The van der Waals surface area contributed by atoms with E-state index in [-0.39, 0.29) is 6.04 Å². The number of benzene rings is 1. The largest absolute Gasteiger partial charge is 0.378 e. The fourth-order valence-electron chi connectivity index (χ4n) is 5.83. The van der Waals surface area contributed by atoms with Crippen molar-refractivity contribution < 1.29 is 4.74 Å². The summed E-state index contributed by atoms with van der Waals surface area (Å²) in [5.74, 6) is 0. The van der Waals surface area contributed by atoms with E-state index in [1.165, 1.54) is 22.5 Å². The third-order valence-corrected chi connectivity index (χ3v) is 7.48. The molecule has 4 heterocycles. The Morgan fingerprint density at radius 1 is 1.18 bits per heavy atom. The summed E-state index contributed by atoms with van der Waals surface area (Å²) >= 11 is 0. The molecule has 7 heteroatoms. The number of hydrogen-bond donors (Lipinski definition) is 1. The lowest BCUT2D eigenvalue weighted by Gasteiger charge is -2.42. The van der Waals surface area contributed by atoms with Crippen LogP contribution in [0.15, 0.2) is 65.2 Å². The third-order valence-electron chi connectivity index (χ3n) is 7.48. The summed E-state index contributed by atoms with van der Waals surface area (Å²) in [4.78, 5) is 11.9. The van der Waals surface area contributed by atoms with Gasteiger partial charge in [0, 0.05) is 66.9 Å². The summed E-state index contributed by atoms with van der Waals surface area (Å²) in [6, 6.07) is 10.8. The van der Waals surface area contributed by atoms with Crippen molar-refractivity contribution >= 4 is 16.6 Å². The Kier molecular flexibility index (Phi) is 5.28. The summed E-state index contributed by atoms with van der Waals surface area (Å²) in [5, 5.41) is 10.6. The molecule has 0 amide bonds.